The molecule has 2 amide bonds. The summed E-state index contributed by atoms with van der Waals surface area (Å²) in [4.78, 5) is 11.8. The number of hydrogen-bond donors (Lipinski definition) is 2. The van der Waals surface area contributed by atoms with Crippen molar-refractivity contribution in [1.29, 1.82) is 0 Å². The van der Waals surface area contributed by atoms with Gasteiger partial charge in [-0.1, -0.05) is 26.2 Å². The first-order chi connectivity index (χ1) is 10.8. The maximum Gasteiger partial charge on any atom is 0.435 e. The summed E-state index contributed by atoms with van der Waals surface area (Å²) in [6.45, 7) is 2.56. The van der Waals surface area contributed by atoms with Crippen LogP contribution in [0.1, 0.15) is 44.7 Å². The lowest BCUT2D eigenvalue weighted by atomic mass is 9.96. The van der Waals surface area contributed by atoms with Crippen LogP contribution in [0.4, 0.5) is 18.0 Å². The van der Waals surface area contributed by atoms with Gasteiger partial charge in [0.05, 0.1) is 0 Å². The van der Waals surface area contributed by atoms with Gasteiger partial charge in [0.15, 0.2) is 5.69 Å². The van der Waals surface area contributed by atoms with E-state index in [2.05, 4.69) is 15.7 Å². The second-order valence-corrected chi connectivity index (χ2v) is 6.22. The highest BCUT2D eigenvalue weighted by Crippen LogP contribution is 2.27. The number of nitrogens with one attached hydrogen (secondary N) is 2. The van der Waals surface area contributed by atoms with Crippen molar-refractivity contribution in [1.82, 2.24) is 20.4 Å². The topological polar surface area (TPSA) is 59.0 Å². The molecule has 0 unspecified atom stereocenters. The smallest absolute Gasteiger partial charge is 0.338 e. The summed E-state index contributed by atoms with van der Waals surface area (Å²) in [6.07, 6.45) is 2.41. The van der Waals surface area contributed by atoms with Crippen LogP contribution in [-0.2, 0) is 12.7 Å². The molecule has 5 nitrogen and oxygen atoms in total. The molecule has 0 saturated heterocycles. The van der Waals surface area contributed by atoms with Crippen LogP contribution in [0.25, 0.3) is 0 Å². The van der Waals surface area contributed by atoms with Gasteiger partial charge >= 0.3 is 12.2 Å². The normalized spacial score (nSPS) is 17.7. The van der Waals surface area contributed by atoms with E-state index >= 15 is 0 Å². The number of urea groups is 1. The Labute approximate surface area is 133 Å². The molecule has 1 aromatic heterocycles. The average Bonchev–Trinajstić information content (AvgIpc) is 2.95. The molecule has 1 aromatic rings. The molecule has 8 heteroatoms. The maximum absolute atomic E-state index is 12.5. The quantitative estimate of drug-likeness (QED) is 0.870. The van der Waals surface area contributed by atoms with E-state index < -0.39 is 11.9 Å². The molecule has 0 bridgehead atoms. The summed E-state index contributed by atoms with van der Waals surface area (Å²) in [5.74, 6) is -0.0203. The minimum atomic E-state index is -4.42. The highest BCUT2D eigenvalue weighted by atomic mass is 19.4. The Hall–Kier alpha value is -1.73. The minimum absolute atomic E-state index is 0.0203. The molecule has 0 aromatic carbocycles. The van der Waals surface area contributed by atoms with Crippen molar-refractivity contribution in [2.75, 3.05) is 6.54 Å². The third-order valence-corrected chi connectivity index (χ3v) is 3.98. The van der Waals surface area contributed by atoms with Gasteiger partial charge in [-0.25, -0.2) is 4.79 Å². The third-order valence-electron chi connectivity index (χ3n) is 3.98. The van der Waals surface area contributed by atoms with Crippen molar-refractivity contribution < 1.29 is 18.0 Å². The Kier molecular flexibility index (Phi) is 5.90. The number of alkyl halides is 3. The van der Waals surface area contributed by atoms with Gasteiger partial charge < -0.3 is 10.6 Å². The van der Waals surface area contributed by atoms with Crippen LogP contribution in [0.5, 0.6) is 0 Å². The van der Waals surface area contributed by atoms with Gasteiger partial charge in [-0.2, -0.15) is 18.3 Å². The molecular weight excluding hydrogens is 309 g/mol. The largest absolute Gasteiger partial charge is 0.435 e. The zero-order chi connectivity index (χ0) is 16.9. The van der Waals surface area contributed by atoms with E-state index in [-0.39, 0.29) is 18.0 Å². The average molecular weight is 332 g/mol. The number of carbonyl (C=O) groups is 1. The summed E-state index contributed by atoms with van der Waals surface area (Å²) < 4.78 is 38.7. The monoisotopic (exact) mass is 332 g/mol. The van der Waals surface area contributed by atoms with Crippen LogP contribution in [0, 0.1) is 5.92 Å². The number of amides is 2. The SMILES string of the molecule is C[C@H](CNC(=O)NC1CCCCC1)Cn1ccc(C(F)(F)F)n1. The summed E-state index contributed by atoms with van der Waals surface area (Å²) in [6, 6.07) is 0.982. The number of halogens is 3. The summed E-state index contributed by atoms with van der Waals surface area (Å²) in [7, 11) is 0. The van der Waals surface area contributed by atoms with E-state index in [1.807, 2.05) is 6.92 Å². The second-order valence-electron chi connectivity index (χ2n) is 6.22. The molecule has 0 aliphatic heterocycles. The van der Waals surface area contributed by atoms with Crippen LogP contribution in [0.3, 0.4) is 0 Å². The Bertz CT molecular complexity index is 509. The van der Waals surface area contributed by atoms with E-state index in [9.17, 15) is 18.0 Å². The van der Waals surface area contributed by atoms with Gasteiger partial charge in [-0.15, -0.1) is 0 Å². The molecule has 1 heterocycles. The lowest BCUT2D eigenvalue weighted by Crippen LogP contribution is -2.44. The first kappa shape index (κ1) is 17.6. The fourth-order valence-electron chi connectivity index (χ4n) is 2.75. The van der Waals surface area contributed by atoms with Crippen molar-refractivity contribution in [3.63, 3.8) is 0 Å². The molecular formula is C15H23F3N4O. The highest BCUT2D eigenvalue weighted by Gasteiger charge is 2.33. The van der Waals surface area contributed by atoms with Crippen LogP contribution >= 0.6 is 0 Å². The van der Waals surface area contributed by atoms with Gasteiger partial charge in [0.1, 0.15) is 0 Å². The molecule has 1 aliphatic carbocycles. The van der Waals surface area contributed by atoms with Crippen molar-refractivity contribution in [2.45, 2.75) is 57.8 Å². The number of aromatic nitrogens is 2. The Morgan fingerprint density at radius 2 is 2.09 bits per heavy atom. The standard InChI is InChI=1S/C15H23F3N4O/c1-11(10-22-8-7-13(21-22)15(16,17)18)9-19-14(23)20-12-5-3-2-4-6-12/h7-8,11-12H,2-6,9-10H2,1H3,(H2,19,20,23)/t11-/m1/s1. The summed E-state index contributed by atoms with van der Waals surface area (Å²) >= 11 is 0. The predicted molar refractivity (Wildman–Crippen MR) is 79.8 cm³/mol. The lowest BCUT2D eigenvalue weighted by Gasteiger charge is -2.23. The molecule has 2 rings (SSSR count). The Balaban J connectivity index is 1.71. The second kappa shape index (κ2) is 7.70. The van der Waals surface area contributed by atoms with Crippen LogP contribution in [0.15, 0.2) is 12.3 Å². The molecule has 1 fully saturated rings. The van der Waals surface area contributed by atoms with Crippen molar-refractivity contribution >= 4 is 6.03 Å². The third kappa shape index (κ3) is 5.76. The van der Waals surface area contributed by atoms with E-state index in [0.29, 0.717) is 13.1 Å². The molecule has 1 atom stereocenters. The van der Waals surface area contributed by atoms with Crippen LogP contribution < -0.4 is 10.6 Å². The van der Waals surface area contributed by atoms with E-state index in [1.54, 1.807) is 0 Å². The number of rotatable bonds is 5. The Morgan fingerprint density at radius 3 is 2.70 bits per heavy atom. The van der Waals surface area contributed by atoms with E-state index in [4.69, 9.17) is 0 Å². The van der Waals surface area contributed by atoms with Gasteiger partial charge in [-0.05, 0) is 24.8 Å². The Morgan fingerprint density at radius 1 is 1.39 bits per heavy atom. The van der Waals surface area contributed by atoms with Gasteiger partial charge in [0, 0.05) is 25.3 Å². The van der Waals surface area contributed by atoms with Crippen molar-refractivity contribution in [2.24, 2.45) is 5.92 Å². The maximum atomic E-state index is 12.5. The molecule has 1 aliphatic rings. The first-order valence-electron chi connectivity index (χ1n) is 7.99. The van der Waals surface area contributed by atoms with Gasteiger partial charge in [0.2, 0.25) is 0 Å². The summed E-state index contributed by atoms with van der Waals surface area (Å²) in [5, 5.41) is 9.22. The lowest BCUT2D eigenvalue weighted by molar-refractivity contribution is -0.141. The van der Waals surface area contributed by atoms with Crippen molar-refractivity contribution in [3.8, 4) is 0 Å². The molecule has 23 heavy (non-hydrogen) atoms. The molecule has 1 saturated carbocycles. The molecule has 0 spiro atoms. The van der Waals surface area contributed by atoms with Crippen LogP contribution in [0.2, 0.25) is 0 Å². The number of nitrogens with zero attached hydrogens (tertiary/aromatic N) is 2. The van der Waals surface area contributed by atoms with Crippen molar-refractivity contribution in [3.05, 3.63) is 18.0 Å². The molecule has 130 valence electrons. The first-order valence-corrected chi connectivity index (χ1v) is 7.99. The fraction of sp³-hybridized carbons (Fsp3) is 0.733. The highest BCUT2D eigenvalue weighted by molar-refractivity contribution is 5.74. The van der Waals surface area contributed by atoms with E-state index in [0.717, 1.165) is 31.7 Å². The van der Waals surface area contributed by atoms with Gasteiger partial charge in [-0.3, -0.25) is 4.68 Å². The van der Waals surface area contributed by atoms with E-state index in [1.165, 1.54) is 17.3 Å². The van der Waals surface area contributed by atoms with Gasteiger partial charge in [0.25, 0.3) is 0 Å². The van der Waals surface area contributed by atoms with Crippen LogP contribution in [-0.4, -0.2) is 28.4 Å². The molecule has 2 N–H and O–H groups in total. The summed E-state index contributed by atoms with van der Waals surface area (Å²) in [5.41, 5.74) is -0.896. The zero-order valence-corrected chi connectivity index (χ0v) is 13.2. The zero-order valence-electron chi connectivity index (χ0n) is 13.2. The minimum Gasteiger partial charge on any atom is -0.338 e. The molecule has 0 radical (unpaired) electrons. The number of carbonyl (C=O) groups excluding carboxylic acids is 1. The number of hydrogen-bond acceptors (Lipinski definition) is 2. The predicted octanol–water partition coefficient (Wildman–Crippen LogP) is 3.17. The fourth-order valence-corrected chi connectivity index (χ4v) is 2.75.